The molecule has 1 fully saturated rings. The lowest BCUT2D eigenvalue weighted by atomic mass is 10.0. The van der Waals surface area contributed by atoms with E-state index in [4.69, 9.17) is 13.7 Å². The van der Waals surface area contributed by atoms with Crippen molar-refractivity contribution in [2.75, 3.05) is 13.1 Å². The predicted octanol–water partition coefficient (Wildman–Crippen LogP) is 4.61. The van der Waals surface area contributed by atoms with Crippen LogP contribution >= 0.6 is 0 Å². The van der Waals surface area contributed by atoms with E-state index in [1.807, 2.05) is 30.0 Å². The average Bonchev–Trinajstić information content (AvgIpc) is 3.48. The van der Waals surface area contributed by atoms with E-state index < -0.39 is 0 Å². The third kappa shape index (κ3) is 3.96. The van der Waals surface area contributed by atoms with Crippen LogP contribution in [-0.2, 0) is 11.3 Å². The second kappa shape index (κ2) is 8.35. The fourth-order valence-corrected chi connectivity index (χ4v) is 4.00. The van der Waals surface area contributed by atoms with Crippen LogP contribution in [0.3, 0.4) is 0 Å². The van der Waals surface area contributed by atoms with E-state index in [-0.39, 0.29) is 12.0 Å². The first-order chi connectivity index (χ1) is 15.2. The first kappa shape index (κ1) is 19.5. The molecular weight excluding hydrogens is 394 g/mol. The van der Waals surface area contributed by atoms with Crippen molar-refractivity contribution < 1.29 is 18.5 Å². The molecule has 1 aliphatic rings. The van der Waals surface area contributed by atoms with Gasteiger partial charge in [-0.25, -0.2) is 4.98 Å². The number of furan rings is 1. The molecule has 1 amide bonds. The number of hydrogen-bond acceptors (Lipinski definition) is 6. The third-order valence-corrected chi connectivity index (χ3v) is 5.68. The average molecular weight is 417 g/mol. The summed E-state index contributed by atoms with van der Waals surface area (Å²) < 4.78 is 16.9. The van der Waals surface area contributed by atoms with Gasteiger partial charge in [0.25, 0.3) is 11.6 Å². The summed E-state index contributed by atoms with van der Waals surface area (Å²) in [7, 11) is 0. The van der Waals surface area contributed by atoms with Crippen molar-refractivity contribution in [3.05, 3.63) is 71.6 Å². The van der Waals surface area contributed by atoms with Gasteiger partial charge in [-0.1, -0.05) is 35.5 Å². The van der Waals surface area contributed by atoms with E-state index in [2.05, 4.69) is 22.3 Å². The van der Waals surface area contributed by atoms with Gasteiger partial charge >= 0.3 is 0 Å². The maximum atomic E-state index is 13.4. The smallest absolute Gasteiger partial charge is 0.259 e. The number of pyridine rings is 1. The lowest BCUT2D eigenvalue weighted by Gasteiger charge is -2.32. The van der Waals surface area contributed by atoms with Crippen LogP contribution in [0, 0.1) is 6.92 Å². The topological polar surface area (TPSA) is 81.6 Å². The van der Waals surface area contributed by atoms with Crippen molar-refractivity contribution in [1.82, 2.24) is 15.0 Å². The maximum absolute atomic E-state index is 13.4. The SMILES string of the molecule is Cc1noc2nc(-c3ccco3)cc(C(=O)N3CCC(OCc4ccccc4)CC3)c12. The molecular formula is C24H23N3O4. The van der Waals surface area contributed by atoms with Crippen LogP contribution in [0.2, 0.25) is 0 Å². The highest BCUT2D eigenvalue weighted by atomic mass is 16.5. The van der Waals surface area contributed by atoms with Gasteiger partial charge in [-0.05, 0) is 43.5 Å². The molecule has 4 heterocycles. The quantitative estimate of drug-likeness (QED) is 0.472. The van der Waals surface area contributed by atoms with E-state index in [1.54, 1.807) is 24.5 Å². The third-order valence-electron chi connectivity index (χ3n) is 5.68. The zero-order chi connectivity index (χ0) is 21.2. The van der Waals surface area contributed by atoms with Crippen molar-refractivity contribution >= 4 is 17.0 Å². The van der Waals surface area contributed by atoms with E-state index in [0.29, 0.717) is 53.5 Å². The zero-order valence-electron chi connectivity index (χ0n) is 17.3. The van der Waals surface area contributed by atoms with Gasteiger partial charge in [0.2, 0.25) is 0 Å². The summed E-state index contributed by atoms with van der Waals surface area (Å²) in [5, 5.41) is 4.67. The Bertz CT molecular complexity index is 1180. The van der Waals surface area contributed by atoms with Gasteiger partial charge in [0, 0.05) is 13.1 Å². The minimum Gasteiger partial charge on any atom is -0.463 e. The van der Waals surface area contributed by atoms with Crippen molar-refractivity contribution in [2.24, 2.45) is 0 Å². The Morgan fingerprint density at radius 3 is 2.71 bits per heavy atom. The van der Waals surface area contributed by atoms with E-state index in [1.165, 1.54) is 0 Å². The molecule has 7 nitrogen and oxygen atoms in total. The molecule has 0 saturated carbocycles. The first-order valence-corrected chi connectivity index (χ1v) is 10.4. The monoisotopic (exact) mass is 417 g/mol. The lowest BCUT2D eigenvalue weighted by Crippen LogP contribution is -2.41. The Morgan fingerprint density at radius 1 is 1.16 bits per heavy atom. The molecule has 0 aliphatic carbocycles. The highest BCUT2D eigenvalue weighted by Gasteiger charge is 2.28. The number of carbonyl (C=O) groups is 1. The number of amides is 1. The summed E-state index contributed by atoms with van der Waals surface area (Å²) in [6.07, 6.45) is 3.34. The second-order valence-electron chi connectivity index (χ2n) is 7.77. The Kier molecular flexibility index (Phi) is 5.26. The van der Waals surface area contributed by atoms with Crippen molar-refractivity contribution in [3.8, 4) is 11.5 Å². The van der Waals surface area contributed by atoms with Crippen LogP contribution < -0.4 is 0 Å². The van der Waals surface area contributed by atoms with Gasteiger partial charge in [-0.3, -0.25) is 4.79 Å². The number of ether oxygens (including phenoxy) is 1. The Hall–Kier alpha value is -3.45. The van der Waals surface area contributed by atoms with Gasteiger partial charge in [0.15, 0.2) is 5.76 Å². The maximum Gasteiger partial charge on any atom is 0.259 e. The molecule has 5 rings (SSSR count). The molecule has 1 saturated heterocycles. The Labute approximate surface area is 179 Å². The number of fused-ring (bicyclic) bond motifs is 1. The van der Waals surface area contributed by atoms with Crippen LogP contribution in [0.5, 0.6) is 0 Å². The summed E-state index contributed by atoms with van der Waals surface area (Å²) in [4.78, 5) is 19.8. The number of rotatable bonds is 5. The largest absolute Gasteiger partial charge is 0.463 e. The molecule has 158 valence electrons. The Morgan fingerprint density at radius 2 is 1.97 bits per heavy atom. The van der Waals surface area contributed by atoms with E-state index in [9.17, 15) is 4.79 Å². The minimum atomic E-state index is -0.0481. The van der Waals surface area contributed by atoms with Crippen molar-refractivity contribution in [1.29, 1.82) is 0 Å². The van der Waals surface area contributed by atoms with Crippen LogP contribution in [0.4, 0.5) is 0 Å². The van der Waals surface area contributed by atoms with Gasteiger partial charge in [0.1, 0.15) is 5.69 Å². The van der Waals surface area contributed by atoms with E-state index in [0.717, 1.165) is 18.4 Å². The summed E-state index contributed by atoms with van der Waals surface area (Å²) in [6, 6.07) is 15.5. The number of carbonyl (C=O) groups excluding carboxylic acids is 1. The molecule has 0 spiro atoms. The highest BCUT2D eigenvalue weighted by molar-refractivity contribution is 6.06. The summed E-state index contributed by atoms with van der Waals surface area (Å²) in [6.45, 7) is 3.70. The van der Waals surface area contributed by atoms with Gasteiger partial charge in [-0.2, -0.15) is 0 Å². The number of hydrogen-bond donors (Lipinski definition) is 0. The highest BCUT2D eigenvalue weighted by Crippen LogP contribution is 2.29. The zero-order valence-corrected chi connectivity index (χ0v) is 17.3. The van der Waals surface area contributed by atoms with Crippen LogP contribution in [0.25, 0.3) is 22.6 Å². The normalized spacial score (nSPS) is 14.9. The van der Waals surface area contributed by atoms with Crippen molar-refractivity contribution in [3.63, 3.8) is 0 Å². The molecule has 1 aromatic carbocycles. The molecule has 1 aliphatic heterocycles. The molecule has 0 unspecified atom stereocenters. The molecule has 0 radical (unpaired) electrons. The van der Waals surface area contributed by atoms with Crippen LogP contribution in [-0.4, -0.2) is 40.1 Å². The number of aryl methyl sites for hydroxylation is 1. The molecule has 0 bridgehead atoms. The number of benzene rings is 1. The number of likely N-dealkylation sites (tertiary alicyclic amines) is 1. The predicted molar refractivity (Wildman–Crippen MR) is 114 cm³/mol. The summed E-state index contributed by atoms with van der Waals surface area (Å²) in [5.74, 6) is 0.533. The second-order valence-corrected chi connectivity index (χ2v) is 7.77. The van der Waals surface area contributed by atoms with Gasteiger partial charge in [-0.15, -0.1) is 0 Å². The van der Waals surface area contributed by atoms with Crippen LogP contribution in [0.15, 0.2) is 63.7 Å². The lowest BCUT2D eigenvalue weighted by molar-refractivity contribution is -0.000338. The first-order valence-electron chi connectivity index (χ1n) is 10.4. The summed E-state index contributed by atoms with van der Waals surface area (Å²) >= 11 is 0. The Balaban J connectivity index is 1.32. The molecule has 31 heavy (non-hydrogen) atoms. The fourth-order valence-electron chi connectivity index (χ4n) is 4.00. The minimum absolute atomic E-state index is 0.0481. The molecule has 0 atom stereocenters. The molecule has 7 heteroatoms. The number of aromatic nitrogens is 2. The fraction of sp³-hybridized carbons (Fsp3) is 0.292. The molecule has 3 aromatic heterocycles. The van der Waals surface area contributed by atoms with Crippen molar-refractivity contribution in [2.45, 2.75) is 32.5 Å². The van der Waals surface area contributed by atoms with E-state index >= 15 is 0 Å². The number of piperidine rings is 1. The van der Waals surface area contributed by atoms with Crippen LogP contribution in [0.1, 0.15) is 34.5 Å². The molecule has 0 N–H and O–H groups in total. The van der Waals surface area contributed by atoms with Gasteiger partial charge in [0.05, 0.1) is 35.6 Å². The summed E-state index contributed by atoms with van der Waals surface area (Å²) in [5.41, 5.74) is 3.25. The number of nitrogens with zero attached hydrogens (tertiary/aromatic N) is 3. The standard InChI is InChI=1S/C24H23N3O4/c1-16-22-19(14-20(21-8-5-13-29-21)25-23(22)31-26-16)24(28)27-11-9-18(10-12-27)30-15-17-6-3-2-4-7-17/h2-8,13-14,18H,9-12,15H2,1H3. The van der Waals surface area contributed by atoms with Gasteiger partial charge < -0.3 is 18.6 Å². The molecule has 4 aromatic rings.